The first-order chi connectivity index (χ1) is 14.4. The highest BCUT2D eigenvalue weighted by atomic mass is 32.2. The number of benzene rings is 1. The molecule has 0 saturated carbocycles. The number of nitrogen functional groups attached to an aromatic ring is 1. The summed E-state index contributed by atoms with van der Waals surface area (Å²) in [5, 5.41) is 0. The number of ether oxygens (including phenoxy) is 2. The number of rotatable bonds is 5. The summed E-state index contributed by atoms with van der Waals surface area (Å²) in [6.07, 6.45) is -3.32. The van der Waals surface area contributed by atoms with E-state index in [1.165, 1.54) is 12.1 Å². The van der Waals surface area contributed by atoms with Gasteiger partial charge in [0.25, 0.3) is 0 Å². The van der Waals surface area contributed by atoms with Gasteiger partial charge in [0.05, 0.1) is 18.4 Å². The van der Waals surface area contributed by atoms with Gasteiger partial charge in [0.2, 0.25) is 5.95 Å². The second-order valence-electron chi connectivity index (χ2n) is 7.35. The van der Waals surface area contributed by atoms with E-state index in [1.54, 1.807) is 17.9 Å². The molecule has 0 radical (unpaired) electrons. The molecule has 1 aliphatic rings. The number of alkyl halides is 3. The summed E-state index contributed by atoms with van der Waals surface area (Å²) in [6, 6.07) is 5.04. The number of aryl methyl sites for hydroxylation is 1. The van der Waals surface area contributed by atoms with E-state index in [1.807, 2.05) is 0 Å². The Morgan fingerprint density at radius 1 is 1.29 bits per heavy atom. The molecule has 3 rings (SSSR count). The Bertz CT molecular complexity index is 1030. The van der Waals surface area contributed by atoms with Crippen molar-refractivity contribution < 1.29 is 31.1 Å². The van der Waals surface area contributed by atoms with E-state index < -0.39 is 33.7 Å². The molecule has 170 valence electrons. The first kappa shape index (κ1) is 23.1. The Kier molecular flexibility index (Phi) is 6.60. The van der Waals surface area contributed by atoms with Crippen LogP contribution in [-0.2, 0) is 20.3 Å². The minimum Gasteiger partial charge on any atom is -0.405 e. The highest BCUT2D eigenvalue weighted by molar-refractivity contribution is 7.89. The molecule has 1 atom stereocenters. The van der Waals surface area contributed by atoms with Crippen molar-refractivity contribution in [1.82, 2.24) is 9.97 Å². The van der Waals surface area contributed by atoms with Gasteiger partial charge in [-0.25, -0.2) is 13.4 Å². The summed E-state index contributed by atoms with van der Waals surface area (Å²) in [5.41, 5.74) is 6.77. The average Bonchev–Trinajstić information content (AvgIpc) is 2.84. The topological polar surface area (TPSA) is 108 Å². The van der Waals surface area contributed by atoms with Gasteiger partial charge in [0.1, 0.15) is 11.6 Å². The van der Waals surface area contributed by atoms with Crippen LogP contribution in [0.1, 0.15) is 29.3 Å². The Morgan fingerprint density at radius 2 is 2.03 bits per heavy atom. The van der Waals surface area contributed by atoms with Crippen LogP contribution in [0.25, 0.3) is 0 Å². The van der Waals surface area contributed by atoms with Crippen LogP contribution in [0.5, 0.6) is 5.75 Å². The number of nitrogens with two attached hydrogens (primary N) is 1. The molecule has 0 bridgehead atoms. The number of hydrogen-bond acceptors (Lipinski definition) is 8. The summed E-state index contributed by atoms with van der Waals surface area (Å²) >= 11 is 0. The summed E-state index contributed by atoms with van der Waals surface area (Å²) in [5.74, 6) is -0.380. The number of nitrogens with zero attached hydrogens (tertiary/aromatic N) is 3. The summed E-state index contributed by atoms with van der Waals surface area (Å²) < 4.78 is 72.6. The highest BCUT2D eigenvalue weighted by Gasteiger charge is 2.35. The minimum atomic E-state index is -4.95. The molecule has 1 aliphatic heterocycles. The van der Waals surface area contributed by atoms with Gasteiger partial charge in [-0.05, 0) is 25.0 Å². The quantitative estimate of drug-likeness (QED) is 0.726. The van der Waals surface area contributed by atoms with Gasteiger partial charge in [-0.2, -0.15) is 4.98 Å². The third kappa shape index (κ3) is 6.44. The molecule has 1 unspecified atom stereocenters. The zero-order valence-corrected chi connectivity index (χ0v) is 17.8. The van der Waals surface area contributed by atoms with Crippen molar-refractivity contribution in [2.45, 2.75) is 31.5 Å². The van der Waals surface area contributed by atoms with Crippen molar-refractivity contribution in [2.75, 3.05) is 36.6 Å². The number of aromatic nitrogens is 2. The predicted octanol–water partition coefficient (Wildman–Crippen LogP) is 2.78. The zero-order chi connectivity index (χ0) is 22.8. The molecule has 1 fully saturated rings. The lowest BCUT2D eigenvalue weighted by Crippen LogP contribution is -2.32. The summed E-state index contributed by atoms with van der Waals surface area (Å²) in [4.78, 5) is 10.1. The summed E-state index contributed by atoms with van der Waals surface area (Å²) in [6.45, 7) is 2.71. The molecule has 1 aromatic heterocycles. The third-order valence-corrected chi connectivity index (χ3v) is 5.44. The van der Waals surface area contributed by atoms with Crippen LogP contribution in [0.15, 0.2) is 24.3 Å². The third-order valence-electron chi connectivity index (χ3n) is 4.58. The van der Waals surface area contributed by atoms with Gasteiger partial charge in [0, 0.05) is 36.7 Å². The molecule has 2 aromatic rings. The average molecular weight is 460 g/mol. The molecule has 8 nitrogen and oxygen atoms in total. The van der Waals surface area contributed by atoms with E-state index >= 15 is 0 Å². The second-order valence-corrected chi connectivity index (χ2v) is 9.49. The lowest BCUT2D eigenvalue weighted by Gasteiger charge is -2.32. The van der Waals surface area contributed by atoms with Gasteiger partial charge in [-0.1, -0.05) is 12.1 Å². The lowest BCUT2D eigenvalue weighted by molar-refractivity contribution is -0.275. The van der Waals surface area contributed by atoms with Crippen molar-refractivity contribution in [3.8, 4) is 5.75 Å². The Hall–Kier alpha value is -2.60. The molecule has 1 saturated heterocycles. The SMILES string of the molecule is Cc1cc(N2CCCOCC2c2ccc(CS(C)(=O)=O)cc2OC(F)(F)F)nc(N)n1. The van der Waals surface area contributed by atoms with E-state index in [9.17, 15) is 21.6 Å². The monoisotopic (exact) mass is 460 g/mol. The normalized spacial score (nSPS) is 18.0. The molecule has 2 heterocycles. The number of hydrogen-bond donors (Lipinski definition) is 1. The first-order valence-corrected chi connectivity index (χ1v) is 11.5. The first-order valence-electron chi connectivity index (χ1n) is 9.43. The smallest absolute Gasteiger partial charge is 0.405 e. The van der Waals surface area contributed by atoms with E-state index in [2.05, 4.69) is 14.7 Å². The fourth-order valence-corrected chi connectivity index (χ4v) is 4.28. The number of halogens is 3. The van der Waals surface area contributed by atoms with E-state index in [-0.39, 0.29) is 23.7 Å². The molecule has 0 amide bonds. The van der Waals surface area contributed by atoms with Crippen molar-refractivity contribution in [3.63, 3.8) is 0 Å². The zero-order valence-electron chi connectivity index (χ0n) is 17.0. The molecule has 2 N–H and O–H groups in total. The number of anilines is 2. The van der Waals surface area contributed by atoms with Gasteiger partial charge < -0.3 is 20.1 Å². The van der Waals surface area contributed by atoms with Crippen molar-refractivity contribution in [3.05, 3.63) is 41.1 Å². The molecular weight excluding hydrogens is 437 g/mol. The fourth-order valence-electron chi connectivity index (χ4n) is 3.49. The second kappa shape index (κ2) is 8.87. The largest absolute Gasteiger partial charge is 0.573 e. The maximum Gasteiger partial charge on any atom is 0.573 e. The molecule has 0 spiro atoms. The Labute approximate surface area is 178 Å². The van der Waals surface area contributed by atoms with Crippen LogP contribution in [0.2, 0.25) is 0 Å². The van der Waals surface area contributed by atoms with E-state index in [0.717, 1.165) is 12.3 Å². The van der Waals surface area contributed by atoms with Crippen LogP contribution < -0.4 is 15.4 Å². The standard InChI is InChI=1S/C19H23F3N4O4S/c1-12-8-17(25-18(23)24-12)26-6-3-7-29-10-15(26)14-5-4-13(11-31(2,27)28)9-16(14)30-19(20,21)22/h4-5,8-9,15H,3,6-7,10-11H2,1-2H3,(H2,23,24,25). The predicted molar refractivity (Wildman–Crippen MR) is 108 cm³/mol. The summed E-state index contributed by atoms with van der Waals surface area (Å²) in [7, 11) is -3.45. The maximum absolute atomic E-state index is 13.1. The molecule has 31 heavy (non-hydrogen) atoms. The lowest BCUT2D eigenvalue weighted by atomic mass is 10.0. The van der Waals surface area contributed by atoms with Gasteiger partial charge in [-0.15, -0.1) is 13.2 Å². The van der Waals surface area contributed by atoms with Gasteiger partial charge in [0.15, 0.2) is 9.84 Å². The molecule has 0 aliphatic carbocycles. The Morgan fingerprint density at radius 3 is 2.68 bits per heavy atom. The van der Waals surface area contributed by atoms with Crippen LogP contribution in [-0.4, -0.2) is 50.8 Å². The fraction of sp³-hybridized carbons (Fsp3) is 0.474. The van der Waals surface area contributed by atoms with Crippen molar-refractivity contribution in [2.24, 2.45) is 0 Å². The van der Waals surface area contributed by atoms with Crippen molar-refractivity contribution >= 4 is 21.6 Å². The van der Waals surface area contributed by atoms with Crippen LogP contribution >= 0.6 is 0 Å². The van der Waals surface area contributed by atoms with Crippen LogP contribution in [0.4, 0.5) is 24.9 Å². The highest BCUT2D eigenvalue weighted by Crippen LogP contribution is 2.37. The van der Waals surface area contributed by atoms with Crippen LogP contribution in [0, 0.1) is 6.92 Å². The van der Waals surface area contributed by atoms with E-state index in [0.29, 0.717) is 31.1 Å². The van der Waals surface area contributed by atoms with Gasteiger partial charge >= 0.3 is 6.36 Å². The van der Waals surface area contributed by atoms with Crippen molar-refractivity contribution in [1.29, 1.82) is 0 Å². The Balaban J connectivity index is 2.09. The molecular formula is C19H23F3N4O4S. The minimum absolute atomic E-state index is 0.0502. The van der Waals surface area contributed by atoms with Gasteiger partial charge in [-0.3, -0.25) is 0 Å². The molecule has 12 heteroatoms. The maximum atomic E-state index is 13.1. The number of sulfone groups is 1. The van der Waals surface area contributed by atoms with Crippen LogP contribution in [0.3, 0.4) is 0 Å². The molecule has 1 aromatic carbocycles. The van der Waals surface area contributed by atoms with E-state index in [4.69, 9.17) is 10.5 Å².